The number of hydrogen-bond donors (Lipinski definition) is 0. The molecule has 0 saturated carbocycles. The monoisotopic (exact) mass is 471 g/mol. The van der Waals surface area contributed by atoms with E-state index in [1.165, 1.54) is 7.11 Å². The number of morpholine rings is 1. The molecule has 1 saturated heterocycles. The molecule has 5 rings (SSSR count). The molecule has 8 heteroatoms. The van der Waals surface area contributed by atoms with E-state index in [2.05, 4.69) is 19.9 Å². The fourth-order valence-corrected chi connectivity index (χ4v) is 4.21. The molecule has 2 aromatic heterocycles. The zero-order valence-corrected chi connectivity index (χ0v) is 19.4. The van der Waals surface area contributed by atoms with Crippen LogP contribution < -0.4 is 4.74 Å². The minimum absolute atomic E-state index is 0. The van der Waals surface area contributed by atoms with Crippen molar-refractivity contribution < 1.29 is 14.3 Å². The van der Waals surface area contributed by atoms with Crippen LogP contribution in [0.1, 0.15) is 31.6 Å². The van der Waals surface area contributed by atoms with Gasteiger partial charge < -0.3 is 14.4 Å². The Hall–Kier alpha value is -3.91. The van der Waals surface area contributed by atoms with Gasteiger partial charge in [-0.2, -0.15) is 0 Å². The normalized spacial score (nSPS) is 14.9. The van der Waals surface area contributed by atoms with Gasteiger partial charge in [0.2, 0.25) is 0 Å². The van der Waals surface area contributed by atoms with Gasteiger partial charge in [0.15, 0.2) is 0 Å². The van der Waals surface area contributed by atoms with Gasteiger partial charge in [0.1, 0.15) is 6.33 Å². The van der Waals surface area contributed by atoms with Crippen molar-refractivity contribution in [2.75, 3.05) is 26.8 Å². The third-order valence-electron chi connectivity index (χ3n) is 5.88. The molecule has 8 nitrogen and oxygen atoms in total. The maximum absolute atomic E-state index is 13.2. The second kappa shape index (κ2) is 9.76. The van der Waals surface area contributed by atoms with Gasteiger partial charge in [0.25, 0.3) is 5.91 Å². The SMILES string of the molecule is C.COc1ncc(-c2ccc3ncnc(-c4cccc(C(=O)N5CCOC(C)(C)C5)c4)c3c2)cn1. The third-order valence-corrected chi connectivity index (χ3v) is 5.88. The summed E-state index contributed by atoms with van der Waals surface area (Å²) in [6.07, 6.45) is 4.99. The highest BCUT2D eigenvalue weighted by atomic mass is 16.5. The Balaban J connectivity index is 0.00000289. The Bertz CT molecular complexity index is 1350. The topological polar surface area (TPSA) is 90.3 Å². The number of amides is 1. The highest BCUT2D eigenvalue weighted by molar-refractivity contribution is 5.98. The lowest BCUT2D eigenvalue weighted by Crippen LogP contribution is -2.50. The van der Waals surface area contributed by atoms with Crippen LogP contribution in [0.15, 0.2) is 61.2 Å². The van der Waals surface area contributed by atoms with Gasteiger partial charge in [-0.05, 0) is 43.7 Å². The average Bonchev–Trinajstić information content (AvgIpc) is 2.87. The van der Waals surface area contributed by atoms with Crippen LogP contribution in [-0.4, -0.2) is 63.2 Å². The Morgan fingerprint density at radius 2 is 1.80 bits per heavy atom. The van der Waals surface area contributed by atoms with Crippen LogP contribution >= 0.6 is 0 Å². The third kappa shape index (κ3) is 4.97. The molecule has 1 aliphatic heterocycles. The first-order valence-corrected chi connectivity index (χ1v) is 11.1. The molecule has 4 aromatic rings. The van der Waals surface area contributed by atoms with E-state index in [0.29, 0.717) is 31.3 Å². The number of ether oxygens (including phenoxy) is 2. The van der Waals surface area contributed by atoms with E-state index in [9.17, 15) is 4.79 Å². The number of rotatable bonds is 4. The summed E-state index contributed by atoms with van der Waals surface area (Å²) in [5, 5.41) is 0.882. The smallest absolute Gasteiger partial charge is 0.316 e. The average molecular weight is 472 g/mol. The molecule has 0 bridgehead atoms. The Morgan fingerprint density at radius 1 is 1.00 bits per heavy atom. The van der Waals surface area contributed by atoms with Crippen molar-refractivity contribution in [2.45, 2.75) is 26.9 Å². The number of carbonyl (C=O) groups is 1. The van der Waals surface area contributed by atoms with E-state index in [0.717, 1.165) is 33.3 Å². The number of carbonyl (C=O) groups excluding carboxylic acids is 1. The minimum Gasteiger partial charge on any atom is -0.467 e. The van der Waals surface area contributed by atoms with Crippen molar-refractivity contribution in [2.24, 2.45) is 0 Å². The number of fused-ring (bicyclic) bond motifs is 1. The predicted octanol–water partition coefficient (Wildman–Crippen LogP) is 4.65. The van der Waals surface area contributed by atoms with E-state index < -0.39 is 0 Å². The van der Waals surface area contributed by atoms with E-state index in [1.807, 2.05) is 61.2 Å². The van der Waals surface area contributed by atoms with Crippen molar-refractivity contribution in [1.29, 1.82) is 0 Å². The lowest BCUT2D eigenvalue weighted by atomic mass is 10.00. The van der Waals surface area contributed by atoms with E-state index >= 15 is 0 Å². The van der Waals surface area contributed by atoms with Crippen LogP contribution in [0.2, 0.25) is 0 Å². The molecular formula is C27H29N5O3. The number of nitrogens with zero attached hydrogens (tertiary/aromatic N) is 5. The Kier molecular flexibility index (Phi) is 6.75. The van der Waals surface area contributed by atoms with E-state index in [-0.39, 0.29) is 18.9 Å². The molecule has 0 radical (unpaired) electrons. The summed E-state index contributed by atoms with van der Waals surface area (Å²) in [6, 6.07) is 13.9. The molecule has 1 aliphatic rings. The summed E-state index contributed by atoms with van der Waals surface area (Å²) >= 11 is 0. The van der Waals surface area contributed by atoms with Gasteiger partial charge in [-0.3, -0.25) is 4.79 Å². The van der Waals surface area contributed by atoms with E-state index in [4.69, 9.17) is 9.47 Å². The highest BCUT2D eigenvalue weighted by Gasteiger charge is 2.30. The number of aromatic nitrogens is 4. The van der Waals surface area contributed by atoms with Crippen LogP contribution in [-0.2, 0) is 4.74 Å². The van der Waals surface area contributed by atoms with Crippen LogP contribution in [0.5, 0.6) is 6.01 Å². The molecule has 3 heterocycles. The summed E-state index contributed by atoms with van der Waals surface area (Å²) in [7, 11) is 1.54. The molecule has 0 aliphatic carbocycles. The lowest BCUT2D eigenvalue weighted by molar-refractivity contribution is -0.0764. The number of hydrogen-bond acceptors (Lipinski definition) is 7. The van der Waals surface area contributed by atoms with Crippen molar-refractivity contribution in [1.82, 2.24) is 24.8 Å². The molecule has 180 valence electrons. The fraction of sp³-hybridized carbons (Fsp3) is 0.296. The quantitative estimate of drug-likeness (QED) is 0.428. The van der Waals surface area contributed by atoms with Crippen molar-refractivity contribution in [3.8, 4) is 28.4 Å². The largest absolute Gasteiger partial charge is 0.467 e. The summed E-state index contributed by atoms with van der Waals surface area (Å²) < 4.78 is 10.8. The summed E-state index contributed by atoms with van der Waals surface area (Å²) in [5.74, 6) is -0.00680. The van der Waals surface area contributed by atoms with Gasteiger partial charge in [-0.25, -0.2) is 19.9 Å². The first-order chi connectivity index (χ1) is 16.4. The molecule has 2 aromatic carbocycles. The van der Waals surface area contributed by atoms with Gasteiger partial charge in [0.05, 0.1) is 30.5 Å². The molecule has 0 unspecified atom stereocenters. The molecule has 0 spiro atoms. The zero-order chi connectivity index (χ0) is 23.7. The van der Waals surface area contributed by atoms with Crippen molar-refractivity contribution >= 4 is 16.8 Å². The van der Waals surface area contributed by atoms with E-state index in [1.54, 1.807) is 18.7 Å². The van der Waals surface area contributed by atoms with Crippen LogP contribution in [0.3, 0.4) is 0 Å². The van der Waals surface area contributed by atoms with Crippen molar-refractivity contribution in [3.05, 3.63) is 66.7 Å². The molecule has 0 N–H and O–H groups in total. The maximum Gasteiger partial charge on any atom is 0.316 e. The molecule has 0 atom stereocenters. The second-order valence-electron chi connectivity index (χ2n) is 8.83. The molecular weight excluding hydrogens is 442 g/mol. The minimum atomic E-state index is -0.351. The van der Waals surface area contributed by atoms with Gasteiger partial charge in [-0.1, -0.05) is 25.6 Å². The van der Waals surface area contributed by atoms with Gasteiger partial charge in [-0.15, -0.1) is 0 Å². The molecule has 1 amide bonds. The summed E-state index contributed by atoms with van der Waals surface area (Å²) in [4.78, 5) is 32.5. The van der Waals surface area contributed by atoms with Crippen LogP contribution in [0.4, 0.5) is 0 Å². The zero-order valence-electron chi connectivity index (χ0n) is 19.4. The summed E-state index contributed by atoms with van der Waals surface area (Å²) in [5.41, 5.74) is 4.50. The number of methoxy groups -OCH3 is 1. The standard InChI is InChI=1S/C26H25N5O3.CH4/c1-26(2)15-31(9-10-34-26)24(32)19-6-4-5-18(11-19)23-21-12-17(7-8-22(21)29-16-30-23)20-13-27-25(33-3)28-14-20;/h4-8,11-14,16H,9-10,15H2,1-3H3;1H4. The highest BCUT2D eigenvalue weighted by Crippen LogP contribution is 2.30. The van der Waals surface area contributed by atoms with Crippen molar-refractivity contribution in [3.63, 3.8) is 0 Å². The fourth-order valence-electron chi connectivity index (χ4n) is 4.21. The lowest BCUT2D eigenvalue weighted by Gasteiger charge is -2.38. The maximum atomic E-state index is 13.2. The Morgan fingerprint density at radius 3 is 2.54 bits per heavy atom. The van der Waals surface area contributed by atoms with Gasteiger partial charge in [0, 0.05) is 47.6 Å². The molecule has 1 fully saturated rings. The molecule has 35 heavy (non-hydrogen) atoms. The van der Waals surface area contributed by atoms with Gasteiger partial charge >= 0.3 is 6.01 Å². The first-order valence-electron chi connectivity index (χ1n) is 11.1. The predicted molar refractivity (Wildman–Crippen MR) is 135 cm³/mol. The van der Waals surface area contributed by atoms with Crippen LogP contribution in [0.25, 0.3) is 33.3 Å². The van der Waals surface area contributed by atoms with Crippen LogP contribution in [0, 0.1) is 0 Å². The second-order valence-corrected chi connectivity index (χ2v) is 8.83. The number of benzene rings is 2. The first kappa shape index (κ1) is 24.2. The summed E-state index contributed by atoms with van der Waals surface area (Å²) in [6.45, 7) is 5.67. The Labute approximate surface area is 205 Å².